The van der Waals surface area contributed by atoms with Crippen molar-refractivity contribution < 1.29 is 14.3 Å². The number of hydrogen-bond acceptors (Lipinski definition) is 3. The molecule has 14 heavy (non-hydrogen) atoms. The smallest absolute Gasteiger partial charge is 0.308 e. The lowest BCUT2D eigenvalue weighted by Gasteiger charge is -2.01. The maximum atomic E-state index is 10.7. The molecule has 0 radical (unpaired) electrons. The third kappa shape index (κ3) is 3.70. The number of esters is 1. The van der Waals surface area contributed by atoms with Crippen LogP contribution < -0.4 is 4.74 Å². The summed E-state index contributed by atoms with van der Waals surface area (Å²) in [5.41, 5.74) is 0.878. The molecule has 1 aromatic carbocycles. The second-order valence-electron chi connectivity index (χ2n) is 2.77. The van der Waals surface area contributed by atoms with E-state index in [0.29, 0.717) is 12.2 Å². The van der Waals surface area contributed by atoms with Gasteiger partial charge < -0.3 is 4.74 Å². The first-order valence-corrected chi connectivity index (χ1v) is 4.83. The van der Waals surface area contributed by atoms with Crippen LogP contribution in [0.1, 0.15) is 12.5 Å². The molecule has 0 aromatic heterocycles. The van der Waals surface area contributed by atoms with Crippen molar-refractivity contribution in [3.05, 3.63) is 29.8 Å². The minimum Gasteiger partial charge on any atom is -0.427 e. The summed E-state index contributed by atoms with van der Waals surface area (Å²) < 4.78 is 4.77. The third-order valence-corrected chi connectivity index (χ3v) is 1.81. The fourth-order valence-corrected chi connectivity index (χ4v) is 1.33. The van der Waals surface area contributed by atoms with E-state index in [2.05, 4.69) is 15.9 Å². The molecule has 0 atom stereocenters. The SMILES string of the molecule is CC(=O)Oc1ccc(CC(=O)Br)cc1. The van der Waals surface area contributed by atoms with Crippen LogP contribution in [0.25, 0.3) is 0 Å². The zero-order valence-electron chi connectivity index (χ0n) is 7.62. The molecule has 3 nitrogen and oxygen atoms in total. The Hall–Kier alpha value is -1.16. The standard InChI is InChI=1S/C10H9BrO3/c1-7(12)14-9-4-2-8(3-5-9)6-10(11)13/h2-5H,6H2,1H3. The van der Waals surface area contributed by atoms with Gasteiger partial charge in [-0.3, -0.25) is 9.59 Å². The normalized spacial score (nSPS) is 9.57. The van der Waals surface area contributed by atoms with Crippen LogP contribution >= 0.6 is 15.9 Å². The Bertz CT molecular complexity index is 308. The predicted octanol–water partition coefficient (Wildman–Crippen LogP) is 2.08. The van der Waals surface area contributed by atoms with Crippen LogP contribution in [0, 0.1) is 0 Å². The van der Waals surface area contributed by atoms with Crippen molar-refractivity contribution in [2.24, 2.45) is 0 Å². The Kier molecular flexibility index (Phi) is 3.83. The van der Waals surface area contributed by atoms with Crippen molar-refractivity contribution in [3.63, 3.8) is 0 Å². The van der Waals surface area contributed by atoms with Gasteiger partial charge in [0, 0.05) is 13.3 Å². The molecule has 0 fully saturated rings. The molecule has 0 bridgehead atoms. The minimum absolute atomic E-state index is 0.0715. The van der Waals surface area contributed by atoms with Gasteiger partial charge in [0.15, 0.2) is 0 Å². The van der Waals surface area contributed by atoms with Crippen LogP contribution in [0.15, 0.2) is 24.3 Å². The summed E-state index contributed by atoms with van der Waals surface area (Å²) in [5.74, 6) is 0.137. The van der Waals surface area contributed by atoms with Crippen LogP contribution in [0.4, 0.5) is 0 Å². The van der Waals surface area contributed by atoms with Crippen molar-refractivity contribution in [3.8, 4) is 5.75 Å². The average Bonchev–Trinajstić information content (AvgIpc) is 2.06. The first-order valence-electron chi connectivity index (χ1n) is 4.03. The van der Waals surface area contributed by atoms with Gasteiger partial charge in [0.2, 0.25) is 4.69 Å². The van der Waals surface area contributed by atoms with Gasteiger partial charge in [-0.25, -0.2) is 0 Å². The molecule has 1 rings (SSSR count). The molecule has 0 aliphatic rings. The summed E-state index contributed by atoms with van der Waals surface area (Å²) in [4.78, 5) is 21.3. The Balaban J connectivity index is 2.68. The summed E-state index contributed by atoms with van der Waals surface area (Å²) in [6.45, 7) is 1.34. The lowest BCUT2D eigenvalue weighted by atomic mass is 10.2. The van der Waals surface area contributed by atoms with Gasteiger partial charge in [0.05, 0.1) is 0 Å². The number of rotatable bonds is 3. The monoisotopic (exact) mass is 256 g/mol. The zero-order valence-corrected chi connectivity index (χ0v) is 9.21. The van der Waals surface area contributed by atoms with Gasteiger partial charge in [-0.1, -0.05) is 12.1 Å². The van der Waals surface area contributed by atoms with E-state index in [1.54, 1.807) is 24.3 Å². The van der Waals surface area contributed by atoms with Crippen LogP contribution in [0.2, 0.25) is 0 Å². The topological polar surface area (TPSA) is 43.4 Å². The third-order valence-electron chi connectivity index (χ3n) is 1.53. The molecule has 0 heterocycles. The minimum atomic E-state index is -0.352. The second kappa shape index (κ2) is 4.91. The van der Waals surface area contributed by atoms with Crippen molar-refractivity contribution in [2.45, 2.75) is 13.3 Å². The fourth-order valence-electron chi connectivity index (χ4n) is 1.00. The first kappa shape index (κ1) is 10.9. The quantitative estimate of drug-likeness (QED) is 0.473. The van der Waals surface area contributed by atoms with Crippen LogP contribution in [0.3, 0.4) is 0 Å². The van der Waals surface area contributed by atoms with Crippen LogP contribution in [0.5, 0.6) is 5.75 Å². The Labute approximate surface area is 90.2 Å². The van der Waals surface area contributed by atoms with E-state index in [-0.39, 0.29) is 10.7 Å². The molecule has 4 heteroatoms. The van der Waals surface area contributed by atoms with Crippen molar-refractivity contribution in [1.82, 2.24) is 0 Å². The summed E-state index contributed by atoms with van der Waals surface area (Å²) in [5, 5.41) is 0. The van der Waals surface area contributed by atoms with E-state index in [1.807, 2.05) is 0 Å². The number of carbonyl (C=O) groups excluding carboxylic acids is 2. The maximum Gasteiger partial charge on any atom is 0.308 e. The molecular weight excluding hydrogens is 248 g/mol. The number of ether oxygens (including phenoxy) is 1. The van der Waals surface area contributed by atoms with Gasteiger partial charge in [0.25, 0.3) is 0 Å². The number of hydrogen-bond donors (Lipinski definition) is 0. The van der Waals surface area contributed by atoms with Crippen LogP contribution in [-0.2, 0) is 16.0 Å². The molecule has 74 valence electrons. The summed E-state index contributed by atoms with van der Waals surface area (Å²) in [7, 11) is 0. The molecule has 0 saturated heterocycles. The molecule has 0 unspecified atom stereocenters. The summed E-state index contributed by atoms with van der Waals surface area (Å²) >= 11 is 2.85. The molecule has 0 amide bonds. The molecule has 0 spiro atoms. The first-order chi connectivity index (χ1) is 6.58. The molecule has 0 aliphatic carbocycles. The second-order valence-corrected chi connectivity index (χ2v) is 3.65. The molecule has 1 aromatic rings. The molecule has 0 N–H and O–H groups in total. The molecular formula is C10H9BrO3. The number of carbonyl (C=O) groups is 2. The Morgan fingerprint density at radius 2 is 1.86 bits per heavy atom. The Morgan fingerprint density at radius 3 is 2.29 bits per heavy atom. The van der Waals surface area contributed by atoms with E-state index in [9.17, 15) is 9.59 Å². The summed E-state index contributed by atoms with van der Waals surface area (Å²) in [6, 6.07) is 6.81. The highest BCUT2D eigenvalue weighted by Crippen LogP contribution is 2.13. The highest BCUT2D eigenvalue weighted by Gasteiger charge is 2.00. The van der Waals surface area contributed by atoms with Gasteiger partial charge in [-0.15, -0.1) is 0 Å². The van der Waals surface area contributed by atoms with Gasteiger partial charge in [-0.05, 0) is 33.6 Å². The van der Waals surface area contributed by atoms with Crippen molar-refractivity contribution in [1.29, 1.82) is 0 Å². The largest absolute Gasteiger partial charge is 0.427 e. The van der Waals surface area contributed by atoms with E-state index < -0.39 is 0 Å². The summed E-state index contributed by atoms with van der Waals surface area (Å²) in [6.07, 6.45) is 0.334. The Morgan fingerprint density at radius 1 is 1.29 bits per heavy atom. The van der Waals surface area contributed by atoms with Gasteiger partial charge >= 0.3 is 5.97 Å². The van der Waals surface area contributed by atoms with Crippen LogP contribution in [-0.4, -0.2) is 10.7 Å². The highest BCUT2D eigenvalue weighted by atomic mass is 79.9. The maximum absolute atomic E-state index is 10.7. The lowest BCUT2D eigenvalue weighted by Crippen LogP contribution is -2.01. The van der Waals surface area contributed by atoms with E-state index >= 15 is 0 Å². The van der Waals surface area contributed by atoms with Gasteiger partial charge in [0.1, 0.15) is 5.75 Å². The van der Waals surface area contributed by atoms with E-state index in [1.165, 1.54) is 6.92 Å². The molecule has 0 aliphatic heterocycles. The van der Waals surface area contributed by atoms with E-state index in [0.717, 1.165) is 5.56 Å². The average molecular weight is 257 g/mol. The predicted molar refractivity (Wildman–Crippen MR) is 55.4 cm³/mol. The zero-order chi connectivity index (χ0) is 10.6. The highest BCUT2D eigenvalue weighted by molar-refractivity contribution is 9.18. The van der Waals surface area contributed by atoms with E-state index in [4.69, 9.17) is 4.74 Å². The van der Waals surface area contributed by atoms with Gasteiger partial charge in [-0.2, -0.15) is 0 Å². The molecule has 0 saturated carbocycles. The fraction of sp³-hybridized carbons (Fsp3) is 0.200. The lowest BCUT2D eigenvalue weighted by molar-refractivity contribution is -0.131. The van der Waals surface area contributed by atoms with Crippen molar-refractivity contribution >= 4 is 26.6 Å². The number of benzene rings is 1. The number of halogens is 1. The van der Waals surface area contributed by atoms with Crippen molar-refractivity contribution in [2.75, 3.05) is 0 Å².